The molecule has 1 fully saturated rings. The highest BCUT2D eigenvalue weighted by atomic mass is 79.9. The number of hydrogen-bond acceptors (Lipinski definition) is 4. The highest BCUT2D eigenvalue weighted by Crippen LogP contribution is 2.36. The summed E-state index contributed by atoms with van der Waals surface area (Å²) < 4.78 is 28.0. The van der Waals surface area contributed by atoms with Crippen molar-refractivity contribution >= 4 is 53.2 Å². The monoisotopic (exact) mass is 416 g/mol. The van der Waals surface area contributed by atoms with Gasteiger partial charge in [0.05, 0.1) is 7.57 Å². The van der Waals surface area contributed by atoms with Crippen LogP contribution >= 0.6 is 43.2 Å². The Balaban J connectivity index is 2.27. The largest absolute Gasteiger partial charge is 0.315 e. The molecule has 0 spiro atoms. The Bertz CT molecular complexity index is 524. The molecule has 102 valence electrons. The molecule has 2 rings (SSSR count). The van der Waals surface area contributed by atoms with E-state index in [4.69, 9.17) is 0 Å². The summed E-state index contributed by atoms with van der Waals surface area (Å²) in [6, 6.07) is 1.69. The van der Waals surface area contributed by atoms with Crippen LogP contribution in [-0.4, -0.2) is 38.9 Å². The fraction of sp³-hybridized carbons (Fsp3) is 0.600. The molecule has 0 saturated carbocycles. The van der Waals surface area contributed by atoms with Crippen molar-refractivity contribution in [2.75, 3.05) is 20.1 Å². The van der Waals surface area contributed by atoms with Crippen molar-refractivity contribution in [1.82, 2.24) is 9.62 Å². The van der Waals surface area contributed by atoms with E-state index >= 15 is 0 Å². The van der Waals surface area contributed by atoms with E-state index in [-0.39, 0.29) is 6.04 Å². The van der Waals surface area contributed by atoms with Crippen LogP contribution in [0.2, 0.25) is 0 Å². The van der Waals surface area contributed by atoms with Crippen LogP contribution in [0.4, 0.5) is 0 Å². The maximum Gasteiger partial charge on any atom is 0.245 e. The molecule has 4 nitrogen and oxygen atoms in total. The van der Waals surface area contributed by atoms with E-state index in [1.165, 1.54) is 15.6 Å². The Labute approximate surface area is 128 Å². The smallest absolute Gasteiger partial charge is 0.245 e. The first-order valence-electron chi connectivity index (χ1n) is 5.56. The highest BCUT2D eigenvalue weighted by Gasteiger charge is 2.31. The van der Waals surface area contributed by atoms with E-state index < -0.39 is 10.0 Å². The summed E-state index contributed by atoms with van der Waals surface area (Å²) in [5.41, 5.74) is 0. The minimum absolute atomic E-state index is 0.0364. The number of hydrogen-bond donors (Lipinski definition) is 1. The van der Waals surface area contributed by atoms with Gasteiger partial charge in [-0.05, 0) is 57.3 Å². The Morgan fingerprint density at radius 3 is 2.72 bits per heavy atom. The molecule has 0 radical (unpaired) electrons. The van der Waals surface area contributed by atoms with E-state index in [9.17, 15) is 8.42 Å². The minimum atomic E-state index is -3.42. The van der Waals surface area contributed by atoms with Crippen LogP contribution in [0.15, 0.2) is 18.5 Å². The summed E-state index contributed by atoms with van der Waals surface area (Å²) in [6.07, 6.45) is 1.92. The zero-order chi connectivity index (χ0) is 13.3. The van der Waals surface area contributed by atoms with Gasteiger partial charge in [0.15, 0.2) is 0 Å². The first-order chi connectivity index (χ1) is 8.43. The van der Waals surface area contributed by atoms with E-state index in [2.05, 4.69) is 37.2 Å². The van der Waals surface area contributed by atoms with Gasteiger partial charge in [-0.3, -0.25) is 0 Å². The maximum absolute atomic E-state index is 12.5. The van der Waals surface area contributed by atoms with Crippen LogP contribution in [0, 0.1) is 0 Å². The lowest BCUT2D eigenvalue weighted by atomic mass is 10.1. The molecule has 1 unspecified atom stereocenters. The van der Waals surface area contributed by atoms with Gasteiger partial charge in [0.1, 0.15) is 4.90 Å². The molecular weight excluding hydrogens is 404 g/mol. The van der Waals surface area contributed by atoms with Crippen LogP contribution in [0.25, 0.3) is 0 Å². The van der Waals surface area contributed by atoms with E-state index in [0.29, 0.717) is 8.68 Å². The third kappa shape index (κ3) is 2.99. The Kier molecular flexibility index (Phi) is 4.88. The van der Waals surface area contributed by atoms with E-state index in [0.717, 1.165) is 29.7 Å². The summed E-state index contributed by atoms with van der Waals surface area (Å²) in [5, 5.41) is 3.23. The van der Waals surface area contributed by atoms with Gasteiger partial charge in [-0.15, -0.1) is 11.3 Å². The lowest BCUT2D eigenvalue weighted by Crippen LogP contribution is -2.46. The number of thiophene rings is 1. The molecule has 0 aliphatic carbocycles. The maximum atomic E-state index is 12.5. The molecule has 0 aromatic carbocycles. The first-order valence-corrected chi connectivity index (χ1v) is 9.41. The van der Waals surface area contributed by atoms with Gasteiger partial charge < -0.3 is 5.32 Å². The average Bonchev–Trinajstić information content (AvgIpc) is 2.69. The van der Waals surface area contributed by atoms with Gasteiger partial charge in [-0.1, -0.05) is 0 Å². The number of sulfonamides is 1. The molecule has 1 saturated heterocycles. The average molecular weight is 418 g/mol. The number of halogens is 2. The van der Waals surface area contributed by atoms with Crippen LogP contribution in [0.3, 0.4) is 0 Å². The Morgan fingerprint density at radius 1 is 1.50 bits per heavy atom. The summed E-state index contributed by atoms with van der Waals surface area (Å²) in [4.78, 5) is 0.340. The number of nitrogens with zero attached hydrogens (tertiary/aromatic N) is 1. The normalized spacial score (nSPS) is 21.4. The van der Waals surface area contributed by atoms with E-state index in [1.54, 1.807) is 13.1 Å². The zero-order valence-electron chi connectivity index (χ0n) is 9.82. The summed E-state index contributed by atoms with van der Waals surface area (Å²) in [5.74, 6) is 0. The molecule has 1 atom stereocenters. The number of piperidine rings is 1. The molecule has 1 aromatic rings. The molecule has 0 bridgehead atoms. The van der Waals surface area contributed by atoms with Crippen molar-refractivity contribution in [2.45, 2.75) is 23.8 Å². The molecule has 0 amide bonds. The molecule has 18 heavy (non-hydrogen) atoms. The molecule has 8 heteroatoms. The lowest BCUT2D eigenvalue weighted by molar-refractivity contribution is 0.300. The first kappa shape index (κ1) is 14.9. The van der Waals surface area contributed by atoms with E-state index in [1.807, 2.05) is 0 Å². The second-order valence-electron chi connectivity index (χ2n) is 4.21. The predicted octanol–water partition coefficient (Wildman–Crippen LogP) is 2.65. The lowest BCUT2D eigenvalue weighted by Gasteiger charge is -2.30. The molecule has 1 aliphatic heterocycles. The van der Waals surface area contributed by atoms with Crippen molar-refractivity contribution < 1.29 is 8.42 Å². The third-order valence-electron chi connectivity index (χ3n) is 3.07. The molecule has 1 aliphatic rings. The van der Waals surface area contributed by atoms with Crippen LogP contribution in [-0.2, 0) is 10.0 Å². The van der Waals surface area contributed by atoms with Crippen molar-refractivity contribution in [3.8, 4) is 0 Å². The van der Waals surface area contributed by atoms with Gasteiger partial charge in [0.2, 0.25) is 10.0 Å². The number of nitrogens with one attached hydrogen (secondary N) is 1. The van der Waals surface area contributed by atoms with Crippen molar-refractivity contribution in [3.63, 3.8) is 0 Å². The predicted molar refractivity (Wildman–Crippen MR) is 80.6 cm³/mol. The number of likely N-dealkylation sites (N-methyl/N-ethyl adjacent to an activating group) is 1. The van der Waals surface area contributed by atoms with Gasteiger partial charge in [-0.2, -0.15) is 4.31 Å². The van der Waals surface area contributed by atoms with Crippen LogP contribution in [0.5, 0.6) is 0 Å². The summed E-state index contributed by atoms with van der Waals surface area (Å²) in [6.45, 7) is 1.69. The zero-order valence-corrected chi connectivity index (χ0v) is 14.6. The van der Waals surface area contributed by atoms with Crippen molar-refractivity contribution in [2.24, 2.45) is 0 Å². The fourth-order valence-corrected chi connectivity index (χ4v) is 7.14. The number of rotatable bonds is 3. The Hall–Kier alpha value is 0.530. The molecular formula is C10H14Br2N2O2S2. The van der Waals surface area contributed by atoms with Gasteiger partial charge >= 0.3 is 0 Å². The summed E-state index contributed by atoms with van der Waals surface area (Å²) in [7, 11) is -1.76. The van der Waals surface area contributed by atoms with Crippen molar-refractivity contribution in [1.29, 1.82) is 0 Å². The van der Waals surface area contributed by atoms with Crippen LogP contribution in [0.1, 0.15) is 12.8 Å². The van der Waals surface area contributed by atoms with Gasteiger partial charge in [0.25, 0.3) is 0 Å². The van der Waals surface area contributed by atoms with Gasteiger partial charge in [-0.25, -0.2) is 8.42 Å². The fourth-order valence-electron chi connectivity index (χ4n) is 2.00. The second kappa shape index (κ2) is 5.88. The highest BCUT2D eigenvalue weighted by molar-refractivity contribution is 9.12. The van der Waals surface area contributed by atoms with Gasteiger partial charge in [0, 0.05) is 19.6 Å². The second-order valence-corrected chi connectivity index (χ2v) is 9.93. The minimum Gasteiger partial charge on any atom is -0.315 e. The molecule has 2 heterocycles. The quantitative estimate of drug-likeness (QED) is 0.822. The standard InChI is InChI=1S/C10H14Br2N2O2S2/c1-14(7-3-2-4-13-6-7)18(15,16)8-5-9(11)17-10(8)12/h5,7,13H,2-4,6H2,1H3. The topological polar surface area (TPSA) is 49.4 Å². The Morgan fingerprint density at radius 2 is 2.22 bits per heavy atom. The third-order valence-corrected chi connectivity index (χ3v) is 7.73. The van der Waals surface area contributed by atoms with Crippen molar-refractivity contribution in [3.05, 3.63) is 13.6 Å². The summed E-state index contributed by atoms with van der Waals surface area (Å²) >= 11 is 8.00. The molecule has 1 N–H and O–H groups in total. The molecule has 1 aromatic heterocycles. The van der Waals surface area contributed by atoms with Crippen LogP contribution < -0.4 is 5.32 Å². The SMILES string of the molecule is CN(C1CCCNC1)S(=O)(=O)c1cc(Br)sc1Br.